The number of hydrogen-bond donors (Lipinski definition) is 3. The van der Waals surface area contributed by atoms with E-state index < -0.39 is 11.7 Å². The van der Waals surface area contributed by atoms with Gasteiger partial charge in [0.05, 0.1) is 16.9 Å². The fourth-order valence-electron chi connectivity index (χ4n) is 2.34. The van der Waals surface area contributed by atoms with Crippen molar-refractivity contribution in [1.82, 2.24) is 5.32 Å². The first-order valence-electron chi connectivity index (χ1n) is 6.32. The number of nitrogens with one attached hydrogen (secondary N) is 2. The summed E-state index contributed by atoms with van der Waals surface area (Å²) in [6.45, 7) is 3.28. The Balaban J connectivity index is 2.20. The molecule has 0 bridgehead atoms. The molecule has 3 nitrogen and oxygen atoms in total. The summed E-state index contributed by atoms with van der Waals surface area (Å²) in [5, 5.41) is 6.47. The summed E-state index contributed by atoms with van der Waals surface area (Å²) in [6.07, 6.45) is -2.47. The predicted molar refractivity (Wildman–Crippen MR) is 70.1 cm³/mol. The summed E-state index contributed by atoms with van der Waals surface area (Å²) in [5.74, 6) is 0. The van der Waals surface area contributed by atoms with Crippen molar-refractivity contribution in [3.8, 4) is 0 Å². The number of halogens is 3. The van der Waals surface area contributed by atoms with E-state index in [9.17, 15) is 13.2 Å². The minimum absolute atomic E-state index is 0.149. The van der Waals surface area contributed by atoms with E-state index in [0.29, 0.717) is 5.69 Å². The number of aryl methyl sites for hydroxylation is 1. The monoisotopic (exact) mass is 273 g/mol. The fraction of sp³-hybridized carbons (Fsp3) is 0.538. The van der Waals surface area contributed by atoms with Crippen LogP contribution in [0, 0.1) is 6.92 Å². The van der Waals surface area contributed by atoms with E-state index in [-0.39, 0.29) is 17.3 Å². The Kier molecular flexibility index (Phi) is 3.89. The van der Waals surface area contributed by atoms with Crippen LogP contribution < -0.4 is 16.4 Å². The molecule has 2 rings (SSSR count). The Labute approximate surface area is 110 Å². The molecule has 6 heteroatoms. The molecule has 0 aliphatic carbocycles. The van der Waals surface area contributed by atoms with Gasteiger partial charge in [-0.15, -0.1) is 0 Å². The van der Waals surface area contributed by atoms with Crippen molar-refractivity contribution in [2.75, 3.05) is 24.1 Å². The Morgan fingerprint density at radius 1 is 1.26 bits per heavy atom. The van der Waals surface area contributed by atoms with E-state index >= 15 is 0 Å². The van der Waals surface area contributed by atoms with E-state index in [2.05, 4.69) is 10.6 Å². The smallest absolute Gasteiger partial charge is 0.397 e. The summed E-state index contributed by atoms with van der Waals surface area (Å²) in [4.78, 5) is 0. The molecule has 1 aliphatic heterocycles. The topological polar surface area (TPSA) is 50.1 Å². The molecule has 0 radical (unpaired) electrons. The quantitative estimate of drug-likeness (QED) is 0.726. The Bertz CT molecular complexity index is 451. The van der Waals surface area contributed by atoms with E-state index in [0.717, 1.165) is 32.0 Å². The van der Waals surface area contributed by atoms with Gasteiger partial charge in [-0.25, -0.2) is 0 Å². The van der Waals surface area contributed by atoms with Gasteiger partial charge < -0.3 is 16.4 Å². The first-order valence-corrected chi connectivity index (χ1v) is 6.32. The minimum Gasteiger partial charge on any atom is -0.397 e. The van der Waals surface area contributed by atoms with Crippen molar-refractivity contribution in [1.29, 1.82) is 0 Å². The lowest BCUT2D eigenvalue weighted by Crippen LogP contribution is -2.35. The molecule has 0 aromatic heterocycles. The van der Waals surface area contributed by atoms with Gasteiger partial charge in [-0.2, -0.15) is 13.2 Å². The highest BCUT2D eigenvalue weighted by atomic mass is 19.4. The van der Waals surface area contributed by atoms with Crippen LogP contribution in [0.2, 0.25) is 0 Å². The molecule has 4 N–H and O–H groups in total. The number of anilines is 2. The standard InChI is InChI=1S/C13H18F3N3/c1-8-6-12(19-9-2-4-18-5-3-9)11(17)7-10(8)13(14,15)16/h6-7,9,18-19H,2-5,17H2,1H3. The summed E-state index contributed by atoms with van der Waals surface area (Å²) in [6, 6.07) is 2.76. The van der Waals surface area contributed by atoms with Crippen LogP contribution in [0.15, 0.2) is 12.1 Å². The Hall–Kier alpha value is -1.43. The maximum atomic E-state index is 12.7. The number of hydrogen-bond acceptors (Lipinski definition) is 3. The van der Waals surface area contributed by atoms with Gasteiger partial charge in [0.15, 0.2) is 0 Å². The van der Waals surface area contributed by atoms with Gasteiger partial charge in [0.1, 0.15) is 0 Å². The van der Waals surface area contributed by atoms with Gasteiger partial charge in [0, 0.05) is 6.04 Å². The number of nitrogens with two attached hydrogens (primary N) is 1. The van der Waals surface area contributed by atoms with Crippen LogP contribution >= 0.6 is 0 Å². The highest BCUT2D eigenvalue weighted by Crippen LogP contribution is 2.36. The van der Waals surface area contributed by atoms with Gasteiger partial charge in [-0.1, -0.05) is 0 Å². The third-order valence-corrected chi connectivity index (χ3v) is 3.40. The van der Waals surface area contributed by atoms with Crippen molar-refractivity contribution in [3.05, 3.63) is 23.3 Å². The van der Waals surface area contributed by atoms with Crippen LogP contribution in [0.3, 0.4) is 0 Å². The Morgan fingerprint density at radius 3 is 2.47 bits per heavy atom. The highest BCUT2D eigenvalue weighted by Gasteiger charge is 2.33. The summed E-state index contributed by atoms with van der Waals surface area (Å²) < 4.78 is 38.2. The second kappa shape index (κ2) is 5.28. The lowest BCUT2D eigenvalue weighted by atomic mass is 10.0. The first kappa shape index (κ1) is 14.0. The third-order valence-electron chi connectivity index (χ3n) is 3.40. The predicted octanol–water partition coefficient (Wildman–Crippen LogP) is 2.76. The van der Waals surface area contributed by atoms with Crippen LogP contribution in [-0.2, 0) is 6.18 Å². The maximum Gasteiger partial charge on any atom is 0.416 e. The molecule has 19 heavy (non-hydrogen) atoms. The first-order chi connectivity index (χ1) is 8.88. The minimum atomic E-state index is -4.36. The van der Waals surface area contributed by atoms with Gasteiger partial charge in [0.2, 0.25) is 0 Å². The van der Waals surface area contributed by atoms with E-state index in [4.69, 9.17) is 5.73 Å². The number of benzene rings is 1. The van der Waals surface area contributed by atoms with Crippen molar-refractivity contribution in [2.24, 2.45) is 0 Å². The number of rotatable bonds is 2. The molecule has 0 amide bonds. The van der Waals surface area contributed by atoms with Gasteiger partial charge in [-0.05, 0) is 50.6 Å². The summed E-state index contributed by atoms with van der Waals surface area (Å²) >= 11 is 0. The molecule has 0 atom stereocenters. The maximum absolute atomic E-state index is 12.7. The van der Waals surface area contributed by atoms with Crippen LogP contribution in [0.1, 0.15) is 24.0 Å². The highest BCUT2D eigenvalue weighted by molar-refractivity contribution is 5.69. The Morgan fingerprint density at radius 2 is 1.89 bits per heavy atom. The van der Waals surface area contributed by atoms with Crippen molar-refractivity contribution < 1.29 is 13.2 Å². The molecule has 1 aromatic rings. The molecule has 1 aliphatic rings. The SMILES string of the molecule is Cc1cc(NC2CCNCC2)c(N)cc1C(F)(F)F. The number of piperidine rings is 1. The van der Waals surface area contributed by atoms with Crippen molar-refractivity contribution in [3.63, 3.8) is 0 Å². The average Bonchev–Trinajstić information content (AvgIpc) is 2.33. The molecule has 1 heterocycles. The molecule has 1 fully saturated rings. The zero-order chi connectivity index (χ0) is 14.0. The second-order valence-corrected chi connectivity index (χ2v) is 4.92. The van der Waals surface area contributed by atoms with Crippen LogP contribution in [0.5, 0.6) is 0 Å². The molecule has 0 spiro atoms. The zero-order valence-corrected chi connectivity index (χ0v) is 10.8. The average molecular weight is 273 g/mol. The second-order valence-electron chi connectivity index (χ2n) is 4.92. The molecular weight excluding hydrogens is 255 g/mol. The third kappa shape index (κ3) is 3.32. The van der Waals surface area contributed by atoms with E-state index in [1.165, 1.54) is 13.0 Å². The molecule has 1 saturated heterocycles. The van der Waals surface area contributed by atoms with Gasteiger partial charge in [0.25, 0.3) is 0 Å². The van der Waals surface area contributed by atoms with E-state index in [1.54, 1.807) is 0 Å². The summed E-state index contributed by atoms with van der Waals surface area (Å²) in [7, 11) is 0. The van der Waals surface area contributed by atoms with Gasteiger partial charge >= 0.3 is 6.18 Å². The van der Waals surface area contributed by atoms with Crippen LogP contribution in [0.25, 0.3) is 0 Å². The van der Waals surface area contributed by atoms with Crippen LogP contribution in [-0.4, -0.2) is 19.1 Å². The lowest BCUT2D eigenvalue weighted by molar-refractivity contribution is -0.138. The molecule has 0 saturated carbocycles. The normalized spacial score (nSPS) is 17.5. The molecule has 0 unspecified atom stereocenters. The molecule has 106 valence electrons. The largest absolute Gasteiger partial charge is 0.416 e. The number of alkyl halides is 3. The van der Waals surface area contributed by atoms with Crippen molar-refractivity contribution in [2.45, 2.75) is 32.0 Å². The number of nitrogen functional groups attached to an aromatic ring is 1. The van der Waals surface area contributed by atoms with E-state index in [1.807, 2.05) is 0 Å². The van der Waals surface area contributed by atoms with Gasteiger partial charge in [-0.3, -0.25) is 0 Å². The van der Waals surface area contributed by atoms with Crippen LogP contribution in [0.4, 0.5) is 24.5 Å². The molecular formula is C13H18F3N3. The molecule has 1 aromatic carbocycles. The lowest BCUT2D eigenvalue weighted by Gasteiger charge is -2.26. The summed E-state index contributed by atoms with van der Waals surface area (Å²) in [5.41, 5.74) is 6.00. The van der Waals surface area contributed by atoms with Crippen molar-refractivity contribution >= 4 is 11.4 Å². The fourth-order valence-corrected chi connectivity index (χ4v) is 2.34. The zero-order valence-electron chi connectivity index (χ0n) is 10.8.